The van der Waals surface area contributed by atoms with Crippen molar-refractivity contribution in [3.8, 4) is 5.40 Å². The van der Waals surface area contributed by atoms with Crippen molar-refractivity contribution in [3.05, 3.63) is 53.0 Å². The molecule has 0 aliphatic carbocycles. The Hall–Kier alpha value is -1.42. The summed E-state index contributed by atoms with van der Waals surface area (Å²) >= 11 is 5.96. The zero-order valence-corrected chi connectivity index (χ0v) is 14.1. The molecule has 0 aliphatic rings. The fraction of sp³-hybridized carbons (Fsp3) is 0.0667. The number of nitrogens with one attached hydrogen (secondary N) is 1. The van der Waals surface area contributed by atoms with E-state index < -0.39 is 0 Å². The van der Waals surface area contributed by atoms with Crippen molar-refractivity contribution in [1.82, 2.24) is 0 Å². The van der Waals surface area contributed by atoms with E-state index in [1.807, 2.05) is 41.8 Å². The Kier molecular flexibility index (Phi) is 6.18. The molecule has 2 aromatic carbocycles. The molecule has 1 N–H and O–H groups in total. The van der Waals surface area contributed by atoms with Crippen molar-refractivity contribution < 1.29 is 4.79 Å². The molecule has 2 aromatic rings. The minimum absolute atomic E-state index is 0.0522. The van der Waals surface area contributed by atoms with Gasteiger partial charge in [-0.2, -0.15) is 5.26 Å². The molecule has 0 radical (unpaired) electrons. The van der Waals surface area contributed by atoms with Gasteiger partial charge in [-0.3, -0.25) is 4.79 Å². The second-order valence-electron chi connectivity index (χ2n) is 4.01. The van der Waals surface area contributed by atoms with Crippen LogP contribution in [0.4, 0.5) is 5.69 Å². The van der Waals surface area contributed by atoms with Crippen LogP contribution in [0.5, 0.6) is 0 Å². The summed E-state index contributed by atoms with van der Waals surface area (Å²) < 4.78 is 1.02. The van der Waals surface area contributed by atoms with Gasteiger partial charge in [-0.15, -0.1) is 11.8 Å². The molecule has 0 aromatic heterocycles. The molecule has 0 atom stereocenters. The van der Waals surface area contributed by atoms with Crippen molar-refractivity contribution in [2.24, 2.45) is 0 Å². The summed E-state index contributed by atoms with van der Waals surface area (Å²) in [6.07, 6.45) is 0. The zero-order valence-electron chi connectivity index (χ0n) is 10.9. The van der Waals surface area contributed by atoms with Crippen LogP contribution < -0.4 is 5.32 Å². The highest BCUT2D eigenvalue weighted by atomic mass is 79.9. The van der Waals surface area contributed by atoms with E-state index >= 15 is 0 Å². The third-order valence-corrected chi connectivity index (χ3v) is 4.62. The van der Waals surface area contributed by atoms with Gasteiger partial charge in [-0.05, 0) is 60.3 Å². The minimum atomic E-state index is -0.0522. The summed E-state index contributed by atoms with van der Waals surface area (Å²) in [5.41, 5.74) is 0.735. The smallest absolute Gasteiger partial charge is 0.234 e. The molecule has 6 heteroatoms. The predicted octanol–water partition coefficient (Wildman–Crippen LogP) is 4.75. The molecule has 0 fully saturated rings. The minimum Gasteiger partial charge on any atom is -0.325 e. The molecule has 106 valence electrons. The fourth-order valence-corrected chi connectivity index (χ4v) is 2.88. The van der Waals surface area contributed by atoms with E-state index in [1.165, 1.54) is 11.8 Å². The summed E-state index contributed by atoms with van der Waals surface area (Å²) in [6.45, 7) is 0. The van der Waals surface area contributed by atoms with Crippen LogP contribution in [0.1, 0.15) is 0 Å². The van der Waals surface area contributed by atoms with Crippen LogP contribution in [-0.4, -0.2) is 11.7 Å². The van der Waals surface area contributed by atoms with Crippen molar-refractivity contribution in [2.75, 3.05) is 11.1 Å². The van der Waals surface area contributed by atoms with Gasteiger partial charge in [0.2, 0.25) is 5.91 Å². The Morgan fingerprint density at radius 3 is 2.33 bits per heavy atom. The first-order valence-corrected chi connectivity index (χ1v) is 8.61. The molecule has 21 heavy (non-hydrogen) atoms. The molecule has 0 saturated carbocycles. The number of benzene rings is 2. The Morgan fingerprint density at radius 2 is 1.71 bits per heavy atom. The number of thioether (sulfide) groups is 2. The van der Waals surface area contributed by atoms with Crippen molar-refractivity contribution in [3.63, 3.8) is 0 Å². The van der Waals surface area contributed by atoms with E-state index in [-0.39, 0.29) is 5.91 Å². The van der Waals surface area contributed by atoms with Crippen LogP contribution >= 0.6 is 39.5 Å². The third kappa shape index (κ3) is 5.46. The average molecular weight is 379 g/mol. The van der Waals surface area contributed by atoms with Crippen molar-refractivity contribution >= 4 is 51.0 Å². The number of halogens is 1. The number of anilines is 1. The lowest BCUT2D eigenvalue weighted by Gasteiger charge is -2.05. The Labute approximate surface area is 140 Å². The number of carbonyl (C=O) groups is 1. The lowest BCUT2D eigenvalue weighted by molar-refractivity contribution is -0.113. The topological polar surface area (TPSA) is 52.9 Å². The lowest BCUT2D eigenvalue weighted by atomic mass is 10.3. The Balaban J connectivity index is 1.84. The van der Waals surface area contributed by atoms with Crippen LogP contribution in [-0.2, 0) is 4.79 Å². The number of carbonyl (C=O) groups excluding carboxylic acids is 1. The highest BCUT2D eigenvalue weighted by Crippen LogP contribution is 2.22. The number of nitrogens with zero attached hydrogens (tertiary/aromatic N) is 1. The number of hydrogen-bond donors (Lipinski definition) is 1. The normalized spacial score (nSPS) is 9.90. The molecular formula is C15H11BrN2OS2. The molecule has 2 rings (SSSR count). The Bertz CT molecular complexity index is 651. The summed E-state index contributed by atoms with van der Waals surface area (Å²) in [5, 5.41) is 13.4. The number of hydrogen-bond acceptors (Lipinski definition) is 4. The van der Waals surface area contributed by atoms with Crippen LogP contribution in [0.15, 0.2) is 62.8 Å². The summed E-state index contributed by atoms with van der Waals surface area (Å²) in [5.74, 6) is 0.305. The predicted molar refractivity (Wildman–Crippen MR) is 91.4 cm³/mol. The molecule has 0 spiro atoms. The van der Waals surface area contributed by atoms with Gasteiger partial charge < -0.3 is 5.32 Å². The van der Waals surface area contributed by atoms with Crippen LogP contribution in [0.3, 0.4) is 0 Å². The van der Waals surface area contributed by atoms with Gasteiger partial charge in [0, 0.05) is 20.0 Å². The van der Waals surface area contributed by atoms with E-state index in [0.717, 1.165) is 31.7 Å². The van der Waals surface area contributed by atoms with E-state index in [2.05, 4.69) is 21.2 Å². The van der Waals surface area contributed by atoms with Gasteiger partial charge in [-0.1, -0.05) is 15.9 Å². The highest BCUT2D eigenvalue weighted by Gasteiger charge is 2.04. The van der Waals surface area contributed by atoms with Gasteiger partial charge in [0.1, 0.15) is 5.40 Å². The monoisotopic (exact) mass is 378 g/mol. The van der Waals surface area contributed by atoms with Gasteiger partial charge >= 0.3 is 0 Å². The first kappa shape index (κ1) is 16.0. The second kappa shape index (κ2) is 8.13. The maximum absolute atomic E-state index is 11.9. The summed E-state index contributed by atoms with van der Waals surface area (Å²) in [6, 6.07) is 15.0. The number of amides is 1. The largest absolute Gasteiger partial charge is 0.325 e. The highest BCUT2D eigenvalue weighted by molar-refractivity contribution is 9.10. The van der Waals surface area contributed by atoms with E-state index in [4.69, 9.17) is 5.26 Å². The number of rotatable bonds is 5. The standard InChI is InChI=1S/C15H11BrN2OS2/c16-11-1-5-13(6-2-11)20-9-15(19)18-12-3-7-14(8-4-12)21-10-17/h1-8H,9H2,(H,18,19). The summed E-state index contributed by atoms with van der Waals surface area (Å²) in [4.78, 5) is 13.8. The quantitative estimate of drug-likeness (QED) is 0.602. The molecule has 0 aliphatic heterocycles. The van der Waals surface area contributed by atoms with Gasteiger partial charge in [-0.25, -0.2) is 0 Å². The third-order valence-electron chi connectivity index (χ3n) is 2.49. The lowest BCUT2D eigenvalue weighted by Crippen LogP contribution is -2.13. The molecule has 0 unspecified atom stereocenters. The molecular weight excluding hydrogens is 368 g/mol. The first-order chi connectivity index (χ1) is 10.2. The van der Waals surface area contributed by atoms with Gasteiger partial charge in [0.05, 0.1) is 5.75 Å². The van der Waals surface area contributed by atoms with Crippen molar-refractivity contribution in [2.45, 2.75) is 9.79 Å². The maximum Gasteiger partial charge on any atom is 0.234 e. The molecule has 0 saturated heterocycles. The van der Waals surface area contributed by atoms with E-state index in [9.17, 15) is 4.79 Å². The molecule has 0 bridgehead atoms. The maximum atomic E-state index is 11.9. The second-order valence-corrected chi connectivity index (χ2v) is 6.83. The van der Waals surface area contributed by atoms with Crippen molar-refractivity contribution in [1.29, 1.82) is 5.26 Å². The van der Waals surface area contributed by atoms with Gasteiger partial charge in [0.15, 0.2) is 0 Å². The average Bonchev–Trinajstić information content (AvgIpc) is 2.49. The van der Waals surface area contributed by atoms with E-state index in [0.29, 0.717) is 5.75 Å². The number of thiocyanates is 1. The first-order valence-electron chi connectivity index (χ1n) is 6.01. The SMILES string of the molecule is N#CSc1ccc(NC(=O)CSc2ccc(Br)cc2)cc1. The van der Waals surface area contributed by atoms with Crippen LogP contribution in [0, 0.1) is 10.7 Å². The van der Waals surface area contributed by atoms with Crippen LogP contribution in [0.25, 0.3) is 0 Å². The zero-order chi connectivity index (χ0) is 15.1. The fourth-order valence-electron chi connectivity index (χ4n) is 1.54. The molecule has 1 amide bonds. The number of nitriles is 1. The van der Waals surface area contributed by atoms with Crippen LogP contribution in [0.2, 0.25) is 0 Å². The van der Waals surface area contributed by atoms with E-state index in [1.54, 1.807) is 12.1 Å². The summed E-state index contributed by atoms with van der Waals surface area (Å²) in [7, 11) is 0. The molecule has 3 nitrogen and oxygen atoms in total. The van der Waals surface area contributed by atoms with Gasteiger partial charge in [0.25, 0.3) is 0 Å². The Morgan fingerprint density at radius 1 is 1.10 bits per heavy atom. The molecule has 0 heterocycles.